The van der Waals surface area contributed by atoms with Gasteiger partial charge in [0.25, 0.3) is 0 Å². The molecule has 5 heteroatoms. The summed E-state index contributed by atoms with van der Waals surface area (Å²) < 4.78 is 4.61. The molecule has 102 valence electrons. The molecule has 1 heterocycles. The zero-order chi connectivity index (χ0) is 13.5. The van der Waals surface area contributed by atoms with Gasteiger partial charge in [0.2, 0.25) is 0 Å². The molecule has 1 unspecified atom stereocenters. The summed E-state index contributed by atoms with van der Waals surface area (Å²) in [7, 11) is 1.35. The molecule has 1 aromatic rings. The maximum Gasteiger partial charge on any atom is 0.354 e. The van der Waals surface area contributed by atoms with Crippen molar-refractivity contribution >= 4 is 5.97 Å². The van der Waals surface area contributed by atoms with E-state index in [4.69, 9.17) is 0 Å². The SMILES string of the molecule is COC(=O)c1cc(CNCC(O)CC(C)C)c[nH]1. The highest BCUT2D eigenvalue weighted by Crippen LogP contribution is 2.06. The smallest absolute Gasteiger partial charge is 0.354 e. The van der Waals surface area contributed by atoms with Crippen LogP contribution in [-0.2, 0) is 11.3 Å². The summed E-state index contributed by atoms with van der Waals surface area (Å²) >= 11 is 0. The lowest BCUT2D eigenvalue weighted by Gasteiger charge is -2.13. The summed E-state index contributed by atoms with van der Waals surface area (Å²) in [6.45, 7) is 5.33. The summed E-state index contributed by atoms with van der Waals surface area (Å²) in [5.41, 5.74) is 1.41. The Hall–Kier alpha value is -1.33. The van der Waals surface area contributed by atoms with Crippen molar-refractivity contribution in [2.75, 3.05) is 13.7 Å². The van der Waals surface area contributed by atoms with E-state index in [-0.39, 0.29) is 12.1 Å². The van der Waals surface area contributed by atoms with Gasteiger partial charge in [0.15, 0.2) is 0 Å². The van der Waals surface area contributed by atoms with Crippen LogP contribution in [0.3, 0.4) is 0 Å². The third-order valence-corrected chi connectivity index (χ3v) is 2.60. The number of methoxy groups -OCH3 is 1. The summed E-state index contributed by atoms with van der Waals surface area (Å²) in [4.78, 5) is 14.1. The molecule has 0 fully saturated rings. The Labute approximate surface area is 108 Å². The third kappa shape index (κ3) is 4.89. The first-order valence-electron chi connectivity index (χ1n) is 6.17. The van der Waals surface area contributed by atoms with E-state index in [1.165, 1.54) is 7.11 Å². The number of aliphatic hydroxyl groups is 1. The minimum Gasteiger partial charge on any atom is -0.464 e. The van der Waals surface area contributed by atoms with Gasteiger partial charge in [-0.25, -0.2) is 4.79 Å². The average molecular weight is 254 g/mol. The largest absolute Gasteiger partial charge is 0.464 e. The third-order valence-electron chi connectivity index (χ3n) is 2.60. The van der Waals surface area contributed by atoms with E-state index in [9.17, 15) is 9.90 Å². The number of aliphatic hydroxyl groups excluding tert-OH is 1. The van der Waals surface area contributed by atoms with Crippen LogP contribution in [0.4, 0.5) is 0 Å². The van der Waals surface area contributed by atoms with Gasteiger partial charge in [-0.3, -0.25) is 0 Å². The number of aromatic amines is 1. The number of aromatic nitrogens is 1. The highest BCUT2D eigenvalue weighted by molar-refractivity contribution is 5.87. The quantitative estimate of drug-likeness (QED) is 0.641. The van der Waals surface area contributed by atoms with Crippen LogP contribution >= 0.6 is 0 Å². The highest BCUT2D eigenvalue weighted by atomic mass is 16.5. The van der Waals surface area contributed by atoms with E-state index in [1.54, 1.807) is 12.3 Å². The minimum absolute atomic E-state index is 0.330. The van der Waals surface area contributed by atoms with Crippen LogP contribution in [0.15, 0.2) is 12.3 Å². The number of hydrogen-bond acceptors (Lipinski definition) is 4. The molecule has 0 saturated heterocycles. The molecule has 0 spiro atoms. The fraction of sp³-hybridized carbons (Fsp3) is 0.615. The maximum absolute atomic E-state index is 11.2. The second-order valence-corrected chi connectivity index (χ2v) is 4.83. The zero-order valence-corrected chi connectivity index (χ0v) is 11.2. The van der Waals surface area contributed by atoms with Gasteiger partial charge >= 0.3 is 5.97 Å². The number of carbonyl (C=O) groups excluding carboxylic acids is 1. The van der Waals surface area contributed by atoms with Gasteiger partial charge in [-0.1, -0.05) is 13.8 Å². The fourth-order valence-electron chi connectivity index (χ4n) is 1.78. The van der Waals surface area contributed by atoms with Crippen LogP contribution in [0.5, 0.6) is 0 Å². The first-order chi connectivity index (χ1) is 8.52. The Morgan fingerprint density at radius 3 is 2.89 bits per heavy atom. The van der Waals surface area contributed by atoms with Crippen LogP contribution in [0.25, 0.3) is 0 Å². The van der Waals surface area contributed by atoms with Crippen molar-refractivity contribution in [2.24, 2.45) is 5.92 Å². The Morgan fingerprint density at radius 2 is 2.28 bits per heavy atom. The minimum atomic E-state index is -0.374. The monoisotopic (exact) mass is 254 g/mol. The number of ether oxygens (including phenoxy) is 1. The van der Waals surface area contributed by atoms with E-state index in [1.807, 2.05) is 0 Å². The second-order valence-electron chi connectivity index (χ2n) is 4.83. The van der Waals surface area contributed by atoms with E-state index < -0.39 is 0 Å². The summed E-state index contributed by atoms with van der Waals surface area (Å²) in [5, 5.41) is 12.8. The molecule has 0 amide bonds. The molecule has 0 aromatic carbocycles. The van der Waals surface area contributed by atoms with Crippen LogP contribution < -0.4 is 5.32 Å². The molecule has 1 aromatic heterocycles. The van der Waals surface area contributed by atoms with E-state index in [2.05, 4.69) is 28.9 Å². The lowest BCUT2D eigenvalue weighted by atomic mass is 10.1. The van der Waals surface area contributed by atoms with E-state index in [0.717, 1.165) is 12.0 Å². The van der Waals surface area contributed by atoms with Gasteiger partial charge < -0.3 is 20.1 Å². The van der Waals surface area contributed by atoms with Gasteiger partial charge in [-0.2, -0.15) is 0 Å². The van der Waals surface area contributed by atoms with Crippen molar-refractivity contribution in [2.45, 2.75) is 32.9 Å². The van der Waals surface area contributed by atoms with E-state index in [0.29, 0.717) is 24.7 Å². The number of H-pyrrole nitrogens is 1. The van der Waals surface area contributed by atoms with Crippen LogP contribution in [0.1, 0.15) is 36.3 Å². The van der Waals surface area contributed by atoms with Gasteiger partial charge in [-0.15, -0.1) is 0 Å². The van der Waals surface area contributed by atoms with Crippen molar-refractivity contribution in [1.82, 2.24) is 10.3 Å². The number of hydrogen-bond donors (Lipinski definition) is 3. The Kier molecular flexibility index (Phi) is 5.88. The molecule has 5 nitrogen and oxygen atoms in total. The van der Waals surface area contributed by atoms with Crippen LogP contribution in [0.2, 0.25) is 0 Å². The molecular formula is C13H22N2O3. The predicted molar refractivity (Wildman–Crippen MR) is 69.3 cm³/mol. The molecule has 0 aliphatic carbocycles. The second kappa shape index (κ2) is 7.18. The van der Waals surface area contributed by atoms with Gasteiger partial charge in [0.05, 0.1) is 13.2 Å². The number of rotatable bonds is 7. The fourth-order valence-corrected chi connectivity index (χ4v) is 1.78. The highest BCUT2D eigenvalue weighted by Gasteiger charge is 2.09. The molecule has 1 atom stereocenters. The lowest BCUT2D eigenvalue weighted by Crippen LogP contribution is -2.27. The lowest BCUT2D eigenvalue weighted by molar-refractivity contribution is 0.0594. The van der Waals surface area contributed by atoms with Crippen LogP contribution in [-0.4, -0.2) is 35.8 Å². The van der Waals surface area contributed by atoms with Crippen molar-refractivity contribution < 1.29 is 14.6 Å². The standard InChI is InChI=1S/C13H22N2O3/c1-9(2)4-11(16)8-14-6-10-5-12(15-7-10)13(17)18-3/h5,7,9,11,14-16H,4,6,8H2,1-3H3. The molecule has 0 saturated carbocycles. The van der Waals surface area contributed by atoms with Crippen molar-refractivity contribution in [3.63, 3.8) is 0 Å². The summed E-state index contributed by atoms with van der Waals surface area (Å²) in [6, 6.07) is 1.74. The molecule has 18 heavy (non-hydrogen) atoms. The molecule has 0 aliphatic heterocycles. The first-order valence-corrected chi connectivity index (χ1v) is 6.17. The average Bonchev–Trinajstić information content (AvgIpc) is 2.75. The van der Waals surface area contributed by atoms with Gasteiger partial charge in [0, 0.05) is 19.3 Å². The molecule has 0 radical (unpaired) electrons. The number of nitrogens with one attached hydrogen (secondary N) is 2. The number of esters is 1. The normalized spacial score (nSPS) is 12.7. The molecule has 0 bridgehead atoms. The summed E-state index contributed by atoms with van der Waals surface area (Å²) in [5.74, 6) is 0.112. The van der Waals surface area contributed by atoms with Crippen molar-refractivity contribution in [1.29, 1.82) is 0 Å². The molecule has 1 rings (SSSR count). The maximum atomic E-state index is 11.2. The molecule has 3 N–H and O–H groups in total. The van der Waals surface area contributed by atoms with Gasteiger partial charge in [0.1, 0.15) is 5.69 Å². The zero-order valence-electron chi connectivity index (χ0n) is 11.2. The Morgan fingerprint density at radius 1 is 1.56 bits per heavy atom. The predicted octanol–water partition coefficient (Wildman–Crippen LogP) is 1.30. The Bertz CT molecular complexity index is 374. The van der Waals surface area contributed by atoms with Crippen molar-refractivity contribution in [3.8, 4) is 0 Å². The summed E-state index contributed by atoms with van der Waals surface area (Å²) in [6.07, 6.45) is 2.21. The molecule has 0 aliphatic rings. The molecular weight excluding hydrogens is 232 g/mol. The van der Waals surface area contributed by atoms with E-state index >= 15 is 0 Å². The van der Waals surface area contributed by atoms with Gasteiger partial charge in [-0.05, 0) is 24.0 Å². The first kappa shape index (κ1) is 14.7. The van der Waals surface area contributed by atoms with Crippen molar-refractivity contribution in [3.05, 3.63) is 23.5 Å². The van der Waals surface area contributed by atoms with Crippen LogP contribution in [0, 0.1) is 5.92 Å². The topological polar surface area (TPSA) is 74.3 Å². The number of carbonyl (C=O) groups is 1. The Balaban J connectivity index is 2.31.